The summed E-state index contributed by atoms with van der Waals surface area (Å²) in [4.78, 5) is 46.8. The summed E-state index contributed by atoms with van der Waals surface area (Å²) in [6, 6.07) is 9.89. The van der Waals surface area contributed by atoms with E-state index >= 15 is 0 Å². The van der Waals surface area contributed by atoms with Crippen LogP contribution in [-0.4, -0.2) is 64.1 Å². The van der Waals surface area contributed by atoms with E-state index in [1.165, 1.54) is 12.7 Å². The van der Waals surface area contributed by atoms with Gasteiger partial charge in [-0.15, -0.1) is 0 Å². The molecule has 0 saturated heterocycles. The average molecular weight is 515 g/mol. The van der Waals surface area contributed by atoms with Gasteiger partial charge in [0.15, 0.2) is 0 Å². The number of H-pyrrole nitrogens is 2. The summed E-state index contributed by atoms with van der Waals surface area (Å²) >= 11 is 0. The van der Waals surface area contributed by atoms with E-state index in [0.717, 1.165) is 22.2 Å². The number of rotatable bonds is 12. The lowest BCUT2D eigenvalue weighted by Crippen LogP contribution is -2.38. The van der Waals surface area contributed by atoms with Crippen molar-refractivity contribution in [1.29, 1.82) is 0 Å². The lowest BCUT2D eigenvalue weighted by molar-refractivity contribution is -0.140. The van der Waals surface area contributed by atoms with Crippen molar-refractivity contribution in [2.24, 2.45) is 0 Å². The SMILES string of the molecule is O=C(O)[C@H](Cc1cnc[nH]1)NCc1ccc2ccc3ccc(CN[C@@H](Cc4cnc[nH]4)C(=O)O)nc3c2n1. The van der Waals surface area contributed by atoms with Crippen LogP contribution in [0.15, 0.2) is 61.4 Å². The normalized spacial score (nSPS) is 13.1. The van der Waals surface area contributed by atoms with E-state index in [1.54, 1.807) is 12.4 Å². The Labute approximate surface area is 216 Å². The Kier molecular flexibility index (Phi) is 7.33. The first-order valence-corrected chi connectivity index (χ1v) is 12.0. The number of pyridine rings is 2. The second-order valence-corrected chi connectivity index (χ2v) is 8.92. The van der Waals surface area contributed by atoms with E-state index in [4.69, 9.17) is 9.97 Å². The summed E-state index contributed by atoms with van der Waals surface area (Å²) in [6.07, 6.45) is 6.77. The summed E-state index contributed by atoms with van der Waals surface area (Å²) in [5.41, 5.74) is 4.19. The van der Waals surface area contributed by atoms with Gasteiger partial charge >= 0.3 is 11.9 Å². The number of hydrogen-bond acceptors (Lipinski definition) is 8. The van der Waals surface area contributed by atoms with Crippen molar-refractivity contribution in [2.45, 2.75) is 38.0 Å². The van der Waals surface area contributed by atoms with Gasteiger partial charge in [-0.25, -0.2) is 19.9 Å². The molecule has 12 nitrogen and oxygen atoms in total. The summed E-state index contributed by atoms with van der Waals surface area (Å²) in [6.45, 7) is 0.513. The number of carboxylic acids is 2. The lowest BCUT2D eigenvalue weighted by atomic mass is 10.1. The molecular formula is C26H26N8O4. The van der Waals surface area contributed by atoms with Crippen LogP contribution in [0.4, 0.5) is 0 Å². The highest BCUT2D eigenvalue weighted by Crippen LogP contribution is 2.23. The third kappa shape index (κ3) is 5.82. The van der Waals surface area contributed by atoms with Crippen molar-refractivity contribution in [1.82, 2.24) is 40.5 Å². The number of carbonyl (C=O) groups is 2. The summed E-state index contributed by atoms with van der Waals surface area (Å²) in [7, 11) is 0. The van der Waals surface area contributed by atoms with Crippen LogP contribution in [0.25, 0.3) is 21.8 Å². The van der Waals surface area contributed by atoms with Crippen LogP contribution < -0.4 is 10.6 Å². The Morgan fingerprint density at radius 2 is 1.13 bits per heavy atom. The molecule has 2 atom stereocenters. The Bertz CT molecular complexity index is 1440. The molecule has 194 valence electrons. The van der Waals surface area contributed by atoms with Crippen LogP contribution >= 0.6 is 0 Å². The van der Waals surface area contributed by atoms with Gasteiger partial charge in [0.05, 0.1) is 35.1 Å². The monoisotopic (exact) mass is 514 g/mol. The lowest BCUT2D eigenvalue weighted by Gasteiger charge is -2.14. The largest absolute Gasteiger partial charge is 0.480 e. The highest BCUT2D eigenvalue weighted by molar-refractivity contribution is 6.02. The zero-order valence-electron chi connectivity index (χ0n) is 20.3. The molecule has 5 aromatic rings. The van der Waals surface area contributed by atoms with E-state index in [0.29, 0.717) is 22.4 Å². The third-order valence-corrected chi connectivity index (χ3v) is 6.25. The van der Waals surface area contributed by atoms with Gasteiger partial charge in [-0.3, -0.25) is 20.2 Å². The highest BCUT2D eigenvalue weighted by atomic mass is 16.4. The van der Waals surface area contributed by atoms with E-state index in [1.807, 2.05) is 36.4 Å². The van der Waals surface area contributed by atoms with Gasteiger partial charge < -0.3 is 20.2 Å². The molecule has 1 aromatic carbocycles. The zero-order valence-corrected chi connectivity index (χ0v) is 20.3. The first-order valence-electron chi connectivity index (χ1n) is 12.0. The maximum Gasteiger partial charge on any atom is 0.321 e. The molecule has 0 unspecified atom stereocenters. The maximum atomic E-state index is 11.7. The molecule has 5 rings (SSSR count). The number of hydrogen-bond donors (Lipinski definition) is 6. The minimum atomic E-state index is -0.961. The van der Waals surface area contributed by atoms with E-state index < -0.39 is 24.0 Å². The molecule has 4 heterocycles. The molecule has 12 heteroatoms. The summed E-state index contributed by atoms with van der Waals surface area (Å²) in [5.74, 6) is -1.92. The van der Waals surface area contributed by atoms with Crippen molar-refractivity contribution in [3.8, 4) is 0 Å². The van der Waals surface area contributed by atoms with Crippen molar-refractivity contribution in [3.05, 3.63) is 84.2 Å². The average Bonchev–Trinajstić information content (AvgIpc) is 3.63. The Morgan fingerprint density at radius 1 is 0.711 bits per heavy atom. The van der Waals surface area contributed by atoms with Crippen molar-refractivity contribution >= 4 is 33.7 Å². The van der Waals surface area contributed by atoms with Gasteiger partial charge in [-0.1, -0.05) is 24.3 Å². The Hall–Kier alpha value is -4.68. The molecule has 0 amide bonds. The molecule has 0 fully saturated rings. The first kappa shape index (κ1) is 25.0. The molecule has 38 heavy (non-hydrogen) atoms. The van der Waals surface area contributed by atoms with E-state index in [2.05, 4.69) is 30.6 Å². The van der Waals surface area contributed by atoms with Gasteiger partial charge in [-0.05, 0) is 12.1 Å². The number of benzene rings is 1. The van der Waals surface area contributed by atoms with Crippen LogP contribution in [-0.2, 0) is 35.5 Å². The van der Waals surface area contributed by atoms with Gasteiger partial charge in [0.25, 0.3) is 0 Å². The number of aliphatic carboxylic acids is 2. The van der Waals surface area contributed by atoms with Crippen molar-refractivity contribution in [2.75, 3.05) is 0 Å². The second-order valence-electron chi connectivity index (χ2n) is 8.92. The number of nitrogens with one attached hydrogen (secondary N) is 4. The Balaban J connectivity index is 1.34. The molecule has 0 aliphatic carbocycles. The molecule has 4 aromatic heterocycles. The summed E-state index contributed by atoms with van der Waals surface area (Å²) < 4.78 is 0. The van der Waals surface area contributed by atoms with Crippen LogP contribution in [0.3, 0.4) is 0 Å². The minimum absolute atomic E-state index is 0.257. The minimum Gasteiger partial charge on any atom is -0.480 e. The second kappa shape index (κ2) is 11.2. The molecule has 0 saturated carbocycles. The third-order valence-electron chi connectivity index (χ3n) is 6.25. The van der Waals surface area contributed by atoms with Crippen molar-refractivity contribution < 1.29 is 19.8 Å². The standard InChI is InChI=1S/C26H26N8O4/c35-25(36)21(7-19-9-27-13-31-19)29-11-17-5-3-15-1-2-16-4-6-18(34-24(16)23(15)33-17)12-30-22(26(37)38)8-20-10-28-14-32-20/h1-6,9-10,13-14,21-22,29-30H,7-8,11-12H2,(H,27,31)(H,28,32)(H,35,36)(H,37,38)/t21-,22-/m0/s1. The van der Waals surface area contributed by atoms with Gasteiger partial charge in [-0.2, -0.15) is 0 Å². The number of carboxylic acid groups (broad SMARTS) is 2. The predicted octanol–water partition coefficient (Wildman–Crippen LogP) is 1.80. The number of aromatic amines is 2. The van der Waals surface area contributed by atoms with Crippen molar-refractivity contribution in [3.63, 3.8) is 0 Å². The predicted molar refractivity (Wildman–Crippen MR) is 138 cm³/mol. The zero-order chi connectivity index (χ0) is 26.5. The summed E-state index contributed by atoms with van der Waals surface area (Å²) in [5, 5.41) is 27.1. The van der Waals surface area contributed by atoms with E-state index in [9.17, 15) is 19.8 Å². The Morgan fingerprint density at radius 3 is 1.50 bits per heavy atom. The van der Waals surface area contributed by atoms with Crippen LogP contribution in [0, 0.1) is 0 Å². The van der Waals surface area contributed by atoms with Gasteiger partial charge in [0, 0.05) is 60.5 Å². The number of aromatic nitrogens is 6. The highest BCUT2D eigenvalue weighted by Gasteiger charge is 2.20. The molecule has 6 N–H and O–H groups in total. The topological polar surface area (TPSA) is 182 Å². The van der Waals surface area contributed by atoms with Gasteiger partial charge in [0.1, 0.15) is 12.1 Å². The number of nitrogens with zero attached hydrogens (tertiary/aromatic N) is 4. The quantitative estimate of drug-likeness (QED) is 0.134. The van der Waals surface area contributed by atoms with Gasteiger partial charge in [0.2, 0.25) is 0 Å². The molecule has 0 radical (unpaired) electrons. The fraction of sp³-hybridized carbons (Fsp3) is 0.231. The smallest absolute Gasteiger partial charge is 0.321 e. The molecule has 0 aliphatic rings. The molecule has 0 aliphatic heterocycles. The van der Waals surface area contributed by atoms with Crippen LogP contribution in [0.5, 0.6) is 0 Å². The molecule has 0 spiro atoms. The number of imidazole rings is 2. The van der Waals surface area contributed by atoms with Crippen LogP contribution in [0.1, 0.15) is 22.8 Å². The first-order chi connectivity index (χ1) is 18.5. The molecular weight excluding hydrogens is 488 g/mol. The fourth-order valence-electron chi connectivity index (χ4n) is 4.23. The fourth-order valence-corrected chi connectivity index (χ4v) is 4.23. The number of fused-ring (bicyclic) bond motifs is 3. The maximum absolute atomic E-state index is 11.7. The van der Waals surface area contributed by atoms with Crippen LogP contribution in [0.2, 0.25) is 0 Å². The van der Waals surface area contributed by atoms with E-state index in [-0.39, 0.29) is 25.9 Å². The molecule has 0 bridgehead atoms.